The maximum atomic E-state index is 12.6. The highest BCUT2D eigenvalue weighted by molar-refractivity contribution is 7.89. The molecule has 0 saturated carbocycles. The van der Waals surface area contributed by atoms with Crippen LogP contribution in [-0.4, -0.2) is 65.6 Å². The normalized spacial score (nSPS) is 11.7. The summed E-state index contributed by atoms with van der Waals surface area (Å²) < 4.78 is 69.0. The Balaban J connectivity index is 0.00000294. The van der Waals surface area contributed by atoms with Crippen LogP contribution in [0.2, 0.25) is 0 Å². The van der Waals surface area contributed by atoms with Gasteiger partial charge in [-0.05, 0) is 71.1 Å². The van der Waals surface area contributed by atoms with E-state index in [-0.39, 0.29) is 21.4 Å². The van der Waals surface area contributed by atoms with E-state index in [0.717, 1.165) is 43.6 Å². The summed E-state index contributed by atoms with van der Waals surface area (Å²) in [6.45, 7) is 11.4. The average molecular weight is 609 g/mol. The largest absolute Gasteiger partial charge is 0.412 e. The van der Waals surface area contributed by atoms with Gasteiger partial charge in [-0.2, -0.15) is 8.42 Å². The van der Waals surface area contributed by atoms with Crippen LogP contribution in [0, 0.1) is 0 Å². The first-order chi connectivity index (χ1) is 18.5. The standard InChI is InChI=1S/C28H33N3O6S2.2H2O/c1-6-30(7-2)19-10-13-22-25(16-19)37-26-17-20(31(8-3)9-4)11-14-23(26)28(22)24-15-12-21(38(32,33)29-5)18-27(24)39(34,35)36;;/h10-18,29H,6-9H2,1-5H3;2*1H2/p+1. The molecule has 0 aliphatic heterocycles. The van der Waals surface area contributed by atoms with Crippen molar-refractivity contribution in [1.82, 2.24) is 4.72 Å². The van der Waals surface area contributed by atoms with Crippen molar-refractivity contribution in [3.63, 3.8) is 0 Å². The number of hydrogen-bond acceptors (Lipinski definition) is 6. The maximum Gasteiger partial charge on any atom is 0.363 e. The van der Waals surface area contributed by atoms with Gasteiger partial charge in [-0.25, -0.2) is 17.6 Å². The second-order valence-corrected chi connectivity index (χ2v) is 12.3. The second-order valence-electron chi connectivity index (χ2n) is 9.02. The highest BCUT2D eigenvalue weighted by atomic mass is 32.2. The smallest absolute Gasteiger partial charge is 0.363 e. The predicted octanol–water partition coefficient (Wildman–Crippen LogP) is 3.73. The van der Waals surface area contributed by atoms with Crippen molar-refractivity contribution in [2.45, 2.75) is 37.5 Å². The molecule has 11 nitrogen and oxygen atoms in total. The van der Waals surface area contributed by atoms with Gasteiger partial charge in [-0.3, -0.25) is 4.55 Å². The number of benzene rings is 3. The quantitative estimate of drug-likeness (QED) is 0.155. The van der Waals surface area contributed by atoms with Crippen LogP contribution >= 0.6 is 0 Å². The van der Waals surface area contributed by atoms with Crippen molar-refractivity contribution in [3.8, 4) is 11.1 Å². The molecule has 0 amide bonds. The van der Waals surface area contributed by atoms with Gasteiger partial charge in [0.25, 0.3) is 10.1 Å². The fourth-order valence-electron chi connectivity index (χ4n) is 4.94. The summed E-state index contributed by atoms with van der Waals surface area (Å²) >= 11 is 0. The van der Waals surface area contributed by atoms with E-state index in [9.17, 15) is 21.4 Å². The van der Waals surface area contributed by atoms with Crippen LogP contribution in [0.25, 0.3) is 33.1 Å². The van der Waals surface area contributed by atoms with E-state index >= 15 is 0 Å². The summed E-state index contributed by atoms with van der Waals surface area (Å²) in [4.78, 5) is 3.56. The molecule has 0 bridgehead atoms. The number of nitrogens with one attached hydrogen (secondary N) is 1. The minimum atomic E-state index is -4.81. The topological polar surface area (TPSA) is 181 Å². The van der Waals surface area contributed by atoms with Crippen molar-refractivity contribution >= 4 is 53.5 Å². The van der Waals surface area contributed by atoms with E-state index < -0.39 is 25.0 Å². The van der Waals surface area contributed by atoms with E-state index in [1.807, 2.05) is 36.4 Å². The number of rotatable bonds is 10. The molecule has 0 unspecified atom stereocenters. The summed E-state index contributed by atoms with van der Waals surface area (Å²) in [7, 11) is -7.54. The molecule has 4 aromatic rings. The lowest BCUT2D eigenvalue weighted by atomic mass is 9.96. The molecule has 0 aliphatic carbocycles. The van der Waals surface area contributed by atoms with Gasteiger partial charge in [0.2, 0.25) is 10.0 Å². The highest BCUT2D eigenvalue weighted by Crippen LogP contribution is 2.42. The number of hydrogen-bond donors (Lipinski definition) is 2. The Morgan fingerprint density at radius 3 is 1.59 bits per heavy atom. The van der Waals surface area contributed by atoms with Gasteiger partial charge in [-0.1, -0.05) is 6.07 Å². The summed E-state index contributed by atoms with van der Waals surface area (Å²) in [5.74, 6) is 0. The molecule has 0 fully saturated rings. The Kier molecular flexibility index (Phi) is 10.8. The zero-order chi connectivity index (χ0) is 28.5. The molecule has 224 valence electrons. The zero-order valence-corrected chi connectivity index (χ0v) is 25.4. The summed E-state index contributed by atoms with van der Waals surface area (Å²) in [5, 5.41) is 1.26. The van der Waals surface area contributed by atoms with Gasteiger partial charge in [0.05, 0.1) is 27.8 Å². The van der Waals surface area contributed by atoms with Crippen LogP contribution in [0.15, 0.2) is 68.8 Å². The third-order valence-corrected chi connectivity index (χ3v) is 9.33. The first-order valence-electron chi connectivity index (χ1n) is 12.9. The Morgan fingerprint density at radius 1 is 0.732 bits per heavy atom. The van der Waals surface area contributed by atoms with E-state index in [0.29, 0.717) is 27.5 Å². The third kappa shape index (κ3) is 6.45. The molecule has 0 aliphatic rings. The third-order valence-electron chi connectivity index (χ3n) is 7.03. The van der Waals surface area contributed by atoms with Crippen LogP contribution < -0.4 is 14.5 Å². The summed E-state index contributed by atoms with van der Waals surface area (Å²) in [5.41, 5.74) is 3.66. The van der Waals surface area contributed by atoms with Gasteiger partial charge >= 0.3 is 11.2 Å². The van der Waals surface area contributed by atoms with Crippen LogP contribution in [0.4, 0.5) is 11.4 Å². The summed E-state index contributed by atoms with van der Waals surface area (Å²) in [6.07, 6.45) is 0. The fraction of sp³-hybridized carbons (Fsp3) is 0.321. The Labute approximate surface area is 240 Å². The van der Waals surface area contributed by atoms with Crippen LogP contribution in [0.1, 0.15) is 27.7 Å². The Bertz CT molecular complexity index is 1680. The monoisotopic (exact) mass is 608 g/mol. The zero-order valence-electron chi connectivity index (χ0n) is 23.7. The van der Waals surface area contributed by atoms with Gasteiger partial charge in [-0.15, -0.1) is 0 Å². The van der Waals surface area contributed by atoms with Gasteiger partial charge in [0.15, 0.2) is 0 Å². The van der Waals surface area contributed by atoms with E-state index in [2.05, 4.69) is 42.2 Å². The number of sulfonamides is 1. The summed E-state index contributed by atoms with van der Waals surface area (Å²) in [6, 6.07) is 15.2. The molecule has 0 atom stereocenters. The van der Waals surface area contributed by atoms with Crippen molar-refractivity contribution in [2.24, 2.45) is 0 Å². The molecular formula is C28H38N3O8S2+. The van der Waals surface area contributed by atoms with Crippen LogP contribution in [0.3, 0.4) is 0 Å². The van der Waals surface area contributed by atoms with Crippen molar-refractivity contribution in [3.05, 3.63) is 54.6 Å². The number of nitrogens with zero attached hydrogens (tertiary/aromatic N) is 2. The molecule has 6 N–H and O–H groups in total. The maximum absolute atomic E-state index is 12.6. The molecule has 1 heterocycles. The van der Waals surface area contributed by atoms with E-state index in [4.69, 9.17) is 4.42 Å². The van der Waals surface area contributed by atoms with Crippen LogP contribution in [0.5, 0.6) is 0 Å². The molecule has 3 aromatic carbocycles. The molecule has 4 rings (SSSR count). The van der Waals surface area contributed by atoms with Crippen LogP contribution in [-0.2, 0) is 20.1 Å². The Hall–Kier alpha value is -3.33. The number of fused-ring (bicyclic) bond motifs is 2. The molecule has 1 aromatic heterocycles. The van der Waals surface area contributed by atoms with Crippen molar-refractivity contribution in [1.29, 1.82) is 0 Å². The highest BCUT2D eigenvalue weighted by Gasteiger charge is 2.28. The molecule has 41 heavy (non-hydrogen) atoms. The predicted molar refractivity (Wildman–Crippen MR) is 164 cm³/mol. The minimum Gasteiger partial charge on any atom is -0.412 e. The Morgan fingerprint density at radius 2 is 1.20 bits per heavy atom. The molecule has 13 heteroatoms. The SMILES string of the molecule is CCN(CC)c1ccc2c(-c3ccc(S(=O)(=O)NC)cc3S(=O)(=O)O)c3ccc(N(CC)CC)cc3[o+]c2c1.O.O. The van der Waals surface area contributed by atoms with Crippen molar-refractivity contribution < 1.29 is 36.8 Å². The molecule has 0 spiro atoms. The lowest BCUT2D eigenvalue weighted by Gasteiger charge is -2.21. The number of anilines is 2. The average Bonchev–Trinajstić information content (AvgIpc) is 2.92. The first-order valence-corrected chi connectivity index (χ1v) is 15.8. The first kappa shape index (κ1) is 33.9. The fourth-order valence-corrected chi connectivity index (χ4v) is 6.49. The van der Waals surface area contributed by atoms with E-state index in [1.165, 1.54) is 19.2 Å². The van der Waals surface area contributed by atoms with Gasteiger partial charge in [0.1, 0.15) is 4.90 Å². The lowest BCUT2D eigenvalue weighted by molar-refractivity contribution is 0.483. The lowest BCUT2D eigenvalue weighted by Crippen LogP contribution is -2.21. The molecular weight excluding hydrogens is 570 g/mol. The molecule has 0 radical (unpaired) electrons. The van der Waals surface area contributed by atoms with Gasteiger partial charge in [0, 0.05) is 48.7 Å². The van der Waals surface area contributed by atoms with Crippen molar-refractivity contribution in [2.75, 3.05) is 43.0 Å². The second kappa shape index (κ2) is 13.1. The van der Waals surface area contributed by atoms with E-state index in [1.54, 1.807) is 0 Å². The van der Waals surface area contributed by atoms with Gasteiger partial charge < -0.3 is 20.8 Å². The molecule has 0 saturated heterocycles. The minimum absolute atomic E-state index is 0.